The summed E-state index contributed by atoms with van der Waals surface area (Å²) in [4.78, 5) is 4.33. The van der Waals surface area contributed by atoms with Crippen LogP contribution in [-0.4, -0.2) is 20.6 Å². The number of rotatable bonds is 2. The molecule has 0 radical (unpaired) electrons. The number of imidazole rings is 1. The quantitative estimate of drug-likeness (QED) is 0.329. The standard InChI is InChI=1S/C14H11ClN4O/c15-10-7-9(14(16)18-20)5-6-12(10)19-8-17-11-3-1-2-4-13(11)19/h1-8,20H,(H2,16,18). The topological polar surface area (TPSA) is 76.4 Å². The molecular formula is C14H11ClN4O. The van der Waals surface area contributed by atoms with Crippen LogP contribution in [0, 0.1) is 0 Å². The van der Waals surface area contributed by atoms with E-state index in [0.717, 1.165) is 16.7 Å². The Balaban J connectivity index is 2.15. The third kappa shape index (κ3) is 1.98. The van der Waals surface area contributed by atoms with Gasteiger partial charge in [-0.15, -0.1) is 0 Å². The SMILES string of the molecule is NC(=NO)c1ccc(-n2cnc3ccccc32)c(Cl)c1. The van der Waals surface area contributed by atoms with Crippen molar-refractivity contribution in [2.75, 3.05) is 0 Å². The number of nitrogens with zero attached hydrogens (tertiary/aromatic N) is 3. The highest BCUT2D eigenvalue weighted by molar-refractivity contribution is 6.32. The second-order valence-corrected chi connectivity index (χ2v) is 4.66. The molecule has 0 amide bonds. The molecule has 5 nitrogen and oxygen atoms in total. The minimum absolute atomic E-state index is 0.0222. The van der Waals surface area contributed by atoms with Gasteiger partial charge in [-0.3, -0.25) is 4.57 Å². The Bertz CT molecular complexity index is 810. The average Bonchev–Trinajstić information content (AvgIpc) is 2.90. The largest absolute Gasteiger partial charge is 0.409 e. The Morgan fingerprint density at radius 3 is 2.80 bits per heavy atom. The Morgan fingerprint density at radius 1 is 1.25 bits per heavy atom. The molecule has 0 bridgehead atoms. The zero-order valence-corrected chi connectivity index (χ0v) is 11.1. The van der Waals surface area contributed by atoms with Gasteiger partial charge < -0.3 is 10.9 Å². The zero-order chi connectivity index (χ0) is 14.1. The molecule has 0 aliphatic heterocycles. The summed E-state index contributed by atoms with van der Waals surface area (Å²) in [5.74, 6) is 0.0222. The van der Waals surface area contributed by atoms with Gasteiger partial charge in [-0.1, -0.05) is 28.9 Å². The van der Waals surface area contributed by atoms with Gasteiger partial charge in [-0.2, -0.15) is 0 Å². The zero-order valence-electron chi connectivity index (χ0n) is 10.4. The van der Waals surface area contributed by atoms with Crippen molar-refractivity contribution in [1.82, 2.24) is 9.55 Å². The van der Waals surface area contributed by atoms with Crippen molar-refractivity contribution >= 4 is 28.5 Å². The van der Waals surface area contributed by atoms with Crippen LogP contribution in [0.5, 0.6) is 0 Å². The molecule has 0 atom stereocenters. The van der Waals surface area contributed by atoms with Crippen LogP contribution in [0.1, 0.15) is 5.56 Å². The summed E-state index contributed by atoms with van der Waals surface area (Å²) in [7, 11) is 0. The van der Waals surface area contributed by atoms with E-state index in [1.807, 2.05) is 34.9 Å². The van der Waals surface area contributed by atoms with E-state index in [1.54, 1.807) is 18.5 Å². The van der Waals surface area contributed by atoms with Crippen molar-refractivity contribution in [3.63, 3.8) is 0 Å². The second kappa shape index (κ2) is 4.86. The fraction of sp³-hybridized carbons (Fsp3) is 0. The number of hydrogen-bond donors (Lipinski definition) is 2. The molecule has 0 unspecified atom stereocenters. The van der Waals surface area contributed by atoms with Gasteiger partial charge in [0, 0.05) is 5.56 Å². The van der Waals surface area contributed by atoms with E-state index in [4.69, 9.17) is 22.5 Å². The van der Waals surface area contributed by atoms with Crippen molar-refractivity contribution in [3.05, 3.63) is 59.4 Å². The maximum atomic E-state index is 8.68. The number of nitrogens with two attached hydrogens (primary N) is 1. The fourth-order valence-corrected chi connectivity index (χ4v) is 2.34. The lowest BCUT2D eigenvalue weighted by Gasteiger charge is -2.08. The van der Waals surface area contributed by atoms with Gasteiger partial charge in [0.05, 0.1) is 21.7 Å². The van der Waals surface area contributed by atoms with Crippen LogP contribution < -0.4 is 5.73 Å². The van der Waals surface area contributed by atoms with Crippen molar-refractivity contribution < 1.29 is 5.21 Å². The van der Waals surface area contributed by atoms with Crippen molar-refractivity contribution in [3.8, 4) is 5.69 Å². The van der Waals surface area contributed by atoms with Crippen LogP contribution in [0.4, 0.5) is 0 Å². The normalized spacial score (nSPS) is 11.9. The Morgan fingerprint density at radius 2 is 2.05 bits per heavy atom. The number of aromatic nitrogens is 2. The van der Waals surface area contributed by atoms with E-state index in [0.29, 0.717) is 10.6 Å². The molecule has 20 heavy (non-hydrogen) atoms. The predicted octanol–water partition coefficient (Wildman–Crippen LogP) is 2.77. The number of hydrogen-bond acceptors (Lipinski definition) is 3. The molecule has 2 aromatic carbocycles. The van der Waals surface area contributed by atoms with Gasteiger partial charge in [0.15, 0.2) is 5.84 Å². The van der Waals surface area contributed by atoms with E-state index >= 15 is 0 Å². The summed E-state index contributed by atoms with van der Waals surface area (Å²) in [5, 5.41) is 12.1. The molecule has 3 rings (SSSR count). The maximum Gasteiger partial charge on any atom is 0.170 e. The van der Waals surface area contributed by atoms with E-state index in [9.17, 15) is 0 Å². The van der Waals surface area contributed by atoms with E-state index < -0.39 is 0 Å². The summed E-state index contributed by atoms with van der Waals surface area (Å²) in [6, 6.07) is 13.0. The lowest BCUT2D eigenvalue weighted by molar-refractivity contribution is 0.318. The number of amidine groups is 1. The van der Waals surface area contributed by atoms with Crippen LogP contribution in [0.3, 0.4) is 0 Å². The van der Waals surface area contributed by atoms with Crippen LogP contribution >= 0.6 is 11.6 Å². The highest BCUT2D eigenvalue weighted by Crippen LogP contribution is 2.25. The number of benzene rings is 2. The number of para-hydroxylation sites is 2. The molecule has 1 heterocycles. The van der Waals surface area contributed by atoms with Crippen LogP contribution in [0.2, 0.25) is 5.02 Å². The maximum absolute atomic E-state index is 8.68. The lowest BCUT2D eigenvalue weighted by atomic mass is 10.2. The molecule has 1 aromatic heterocycles. The van der Waals surface area contributed by atoms with E-state index in [2.05, 4.69) is 10.1 Å². The minimum atomic E-state index is 0.0222. The molecule has 0 saturated heterocycles. The van der Waals surface area contributed by atoms with Crippen molar-refractivity contribution in [2.45, 2.75) is 0 Å². The predicted molar refractivity (Wildman–Crippen MR) is 78.6 cm³/mol. The first kappa shape index (κ1) is 12.5. The number of fused-ring (bicyclic) bond motifs is 1. The van der Waals surface area contributed by atoms with Crippen molar-refractivity contribution in [2.24, 2.45) is 10.9 Å². The number of oxime groups is 1. The summed E-state index contributed by atoms with van der Waals surface area (Å²) in [5.41, 5.74) is 8.75. The molecule has 6 heteroatoms. The second-order valence-electron chi connectivity index (χ2n) is 4.25. The summed E-state index contributed by atoms with van der Waals surface area (Å²) in [6.45, 7) is 0. The van der Waals surface area contributed by atoms with Crippen LogP contribution in [0.25, 0.3) is 16.7 Å². The van der Waals surface area contributed by atoms with Gasteiger partial charge in [0.25, 0.3) is 0 Å². The molecule has 0 saturated carbocycles. The minimum Gasteiger partial charge on any atom is -0.409 e. The molecule has 3 aromatic rings. The smallest absolute Gasteiger partial charge is 0.170 e. The molecule has 0 aliphatic carbocycles. The monoisotopic (exact) mass is 286 g/mol. The Labute approximate surface area is 119 Å². The first-order chi connectivity index (χ1) is 9.70. The van der Waals surface area contributed by atoms with Gasteiger partial charge >= 0.3 is 0 Å². The molecular weight excluding hydrogens is 276 g/mol. The first-order valence-electron chi connectivity index (χ1n) is 5.90. The molecule has 0 fully saturated rings. The van der Waals surface area contributed by atoms with E-state index in [1.165, 1.54) is 0 Å². The summed E-state index contributed by atoms with van der Waals surface area (Å²) in [6.07, 6.45) is 1.72. The van der Waals surface area contributed by atoms with Gasteiger partial charge in [-0.05, 0) is 30.3 Å². The van der Waals surface area contributed by atoms with Crippen molar-refractivity contribution in [1.29, 1.82) is 0 Å². The third-order valence-corrected chi connectivity index (χ3v) is 3.37. The first-order valence-corrected chi connectivity index (χ1v) is 6.28. The Kier molecular flexibility index (Phi) is 3.04. The van der Waals surface area contributed by atoms with Crippen LogP contribution in [0.15, 0.2) is 53.9 Å². The molecule has 0 aliphatic rings. The lowest BCUT2D eigenvalue weighted by Crippen LogP contribution is -2.13. The highest BCUT2D eigenvalue weighted by atomic mass is 35.5. The molecule has 100 valence electrons. The van der Waals surface area contributed by atoms with Gasteiger partial charge in [-0.25, -0.2) is 4.98 Å². The Hall–Kier alpha value is -2.53. The number of halogens is 1. The summed E-state index contributed by atoms with van der Waals surface area (Å²) >= 11 is 6.28. The van der Waals surface area contributed by atoms with Crippen LogP contribution in [-0.2, 0) is 0 Å². The van der Waals surface area contributed by atoms with Gasteiger partial charge in [0.1, 0.15) is 6.33 Å². The fourth-order valence-electron chi connectivity index (χ4n) is 2.07. The molecule has 0 spiro atoms. The highest BCUT2D eigenvalue weighted by Gasteiger charge is 2.09. The van der Waals surface area contributed by atoms with E-state index in [-0.39, 0.29) is 5.84 Å². The molecule has 3 N–H and O–H groups in total. The average molecular weight is 287 g/mol. The summed E-state index contributed by atoms with van der Waals surface area (Å²) < 4.78 is 1.90. The van der Waals surface area contributed by atoms with Gasteiger partial charge in [0.2, 0.25) is 0 Å². The third-order valence-electron chi connectivity index (χ3n) is 3.06.